The molecule has 0 atom stereocenters. The van der Waals surface area contributed by atoms with Crippen molar-refractivity contribution >= 4 is 17.5 Å². The van der Waals surface area contributed by atoms with E-state index < -0.39 is 0 Å². The molecule has 4 nitrogen and oxygen atoms in total. The summed E-state index contributed by atoms with van der Waals surface area (Å²) in [6, 6.07) is 7.10. The van der Waals surface area contributed by atoms with Crippen LogP contribution in [0.3, 0.4) is 0 Å². The van der Waals surface area contributed by atoms with Gasteiger partial charge in [-0.05, 0) is 32.0 Å². The molecule has 1 aromatic rings. The molecule has 0 bridgehead atoms. The molecule has 0 unspecified atom stereocenters. The fourth-order valence-electron chi connectivity index (χ4n) is 0.967. The van der Waals surface area contributed by atoms with Crippen LogP contribution in [-0.2, 0) is 4.79 Å². The SMILES string of the molecule is CC(C)NNC(=O)COc1cccc(Cl)c1. The molecule has 0 aliphatic carbocycles. The molecule has 0 heterocycles. The van der Waals surface area contributed by atoms with Gasteiger partial charge >= 0.3 is 0 Å². The van der Waals surface area contributed by atoms with E-state index >= 15 is 0 Å². The molecule has 88 valence electrons. The van der Waals surface area contributed by atoms with Crippen LogP contribution in [0.25, 0.3) is 0 Å². The van der Waals surface area contributed by atoms with Gasteiger partial charge in [-0.2, -0.15) is 0 Å². The zero-order chi connectivity index (χ0) is 12.0. The van der Waals surface area contributed by atoms with Crippen LogP contribution in [0.1, 0.15) is 13.8 Å². The van der Waals surface area contributed by atoms with Crippen molar-refractivity contribution in [2.75, 3.05) is 6.61 Å². The lowest BCUT2D eigenvalue weighted by atomic mass is 10.3. The number of carbonyl (C=O) groups excluding carboxylic acids is 1. The van der Waals surface area contributed by atoms with Crippen LogP contribution in [0.2, 0.25) is 5.02 Å². The Kier molecular flexibility index (Phi) is 5.08. The maximum absolute atomic E-state index is 11.3. The summed E-state index contributed by atoms with van der Waals surface area (Å²) in [5, 5.41) is 0.582. The Labute approximate surface area is 99.9 Å². The molecule has 0 aliphatic rings. The van der Waals surface area contributed by atoms with Crippen LogP contribution in [0, 0.1) is 0 Å². The first-order valence-electron chi connectivity index (χ1n) is 5.00. The zero-order valence-corrected chi connectivity index (χ0v) is 10.0. The van der Waals surface area contributed by atoms with Gasteiger partial charge in [0, 0.05) is 11.1 Å². The first-order chi connectivity index (χ1) is 7.58. The van der Waals surface area contributed by atoms with Gasteiger partial charge in [0.05, 0.1) is 0 Å². The number of halogens is 1. The number of amides is 1. The van der Waals surface area contributed by atoms with E-state index in [-0.39, 0.29) is 18.6 Å². The highest BCUT2D eigenvalue weighted by Gasteiger charge is 2.02. The van der Waals surface area contributed by atoms with Gasteiger partial charge < -0.3 is 4.74 Å². The maximum atomic E-state index is 11.3. The van der Waals surface area contributed by atoms with Gasteiger partial charge in [-0.15, -0.1) is 0 Å². The summed E-state index contributed by atoms with van der Waals surface area (Å²) in [5.41, 5.74) is 5.31. The van der Waals surface area contributed by atoms with Crippen LogP contribution in [0.5, 0.6) is 5.75 Å². The van der Waals surface area contributed by atoms with Crippen molar-refractivity contribution < 1.29 is 9.53 Å². The topological polar surface area (TPSA) is 50.4 Å². The molecular weight excluding hydrogens is 228 g/mol. The molecule has 0 fully saturated rings. The van der Waals surface area contributed by atoms with Gasteiger partial charge in [-0.1, -0.05) is 17.7 Å². The molecular formula is C11H15ClN2O2. The number of benzene rings is 1. The number of hydrogen-bond acceptors (Lipinski definition) is 3. The third-order valence-electron chi connectivity index (χ3n) is 1.67. The van der Waals surface area contributed by atoms with Gasteiger partial charge in [0.25, 0.3) is 5.91 Å². The first kappa shape index (κ1) is 12.8. The molecule has 1 amide bonds. The Morgan fingerprint density at radius 1 is 1.50 bits per heavy atom. The van der Waals surface area contributed by atoms with Crippen LogP contribution in [0.15, 0.2) is 24.3 Å². The second-order valence-corrected chi connectivity index (χ2v) is 4.03. The third-order valence-corrected chi connectivity index (χ3v) is 1.90. The lowest BCUT2D eigenvalue weighted by molar-refractivity contribution is -0.124. The highest BCUT2D eigenvalue weighted by atomic mass is 35.5. The molecule has 1 rings (SSSR count). The van der Waals surface area contributed by atoms with Crippen molar-refractivity contribution in [1.29, 1.82) is 0 Å². The molecule has 2 N–H and O–H groups in total. The third kappa shape index (κ3) is 5.00. The van der Waals surface area contributed by atoms with Gasteiger partial charge in [0.1, 0.15) is 5.75 Å². The molecule has 0 radical (unpaired) electrons. The number of hydrogen-bond donors (Lipinski definition) is 2. The number of hydrazine groups is 1. The Morgan fingerprint density at radius 3 is 2.88 bits per heavy atom. The van der Waals surface area contributed by atoms with Crippen LogP contribution >= 0.6 is 11.6 Å². The summed E-state index contributed by atoms with van der Waals surface area (Å²) >= 11 is 5.77. The van der Waals surface area contributed by atoms with E-state index in [1.165, 1.54) is 0 Å². The Morgan fingerprint density at radius 2 is 2.25 bits per heavy atom. The lowest BCUT2D eigenvalue weighted by Gasteiger charge is -2.10. The average molecular weight is 243 g/mol. The first-order valence-corrected chi connectivity index (χ1v) is 5.38. The smallest absolute Gasteiger partial charge is 0.271 e. The van der Waals surface area contributed by atoms with Crippen molar-refractivity contribution in [2.24, 2.45) is 0 Å². The molecule has 16 heavy (non-hydrogen) atoms. The average Bonchev–Trinajstić information content (AvgIpc) is 2.23. The van der Waals surface area contributed by atoms with Crippen molar-refractivity contribution in [1.82, 2.24) is 10.9 Å². The summed E-state index contributed by atoms with van der Waals surface area (Å²) in [6.45, 7) is 3.82. The fourth-order valence-corrected chi connectivity index (χ4v) is 1.15. The van der Waals surface area contributed by atoms with E-state index in [0.29, 0.717) is 10.8 Å². The summed E-state index contributed by atoms with van der Waals surface area (Å²) < 4.78 is 5.24. The highest BCUT2D eigenvalue weighted by Crippen LogP contribution is 2.16. The van der Waals surface area contributed by atoms with Crippen molar-refractivity contribution in [2.45, 2.75) is 19.9 Å². The molecule has 0 spiro atoms. The highest BCUT2D eigenvalue weighted by molar-refractivity contribution is 6.30. The minimum absolute atomic E-state index is 0.0416. The Balaban J connectivity index is 2.31. The second-order valence-electron chi connectivity index (χ2n) is 3.59. The monoisotopic (exact) mass is 242 g/mol. The largest absolute Gasteiger partial charge is 0.484 e. The second kappa shape index (κ2) is 6.35. The molecule has 0 saturated carbocycles. The van der Waals surface area contributed by atoms with Gasteiger partial charge in [-0.25, -0.2) is 5.43 Å². The van der Waals surface area contributed by atoms with Gasteiger partial charge in [0.15, 0.2) is 6.61 Å². The zero-order valence-electron chi connectivity index (χ0n) is 9.29. The van der Waals surface area contributed by atoms with Crippen molar-refractivity contribution in [3.63, 3.8) is 0 Å². The number of ether oxygens (including phenoxy) is 1. The summed E-state index contributed by atoms with van der Waals surface area (Å²) in [6.07, 6.45) is 0. The Hall–Kier alpha value is -1.26. The normalized spacial score (nSPS) is 10.2. The summed E-state index contributed by atoms with van der Waals surface area (Å²) in [5.74, 6) is 0.348. The number of rotatable bonds is 5. The molecule has 5 heteroatoms. The van der Waals surface area contributed by atoms with E-state index in [1.807, 2.05) is 13.8 Å². The lowest BCUT2D eigenvalue weighted by Crippen LogP contribution is -2.43. The Bertz CT molecular complexity index is 356. The quantitative estimate of drug-likeness (QED) is 0.774. The molecule has 1 aromatic carbocycles. The molecule has 0 aliphatic heterocycles. The van der Waals surface area contributed by atoms with E-state index in [4.69, 9.17) is 16.3 Å². The van der Waals surface area contributed by atoms with E-state index in [2.05, 4.69) is 10.9 Å². The van der Waals surface area contributed by atoms with Gasteiger partial charge in [0.2, 0.25) is 0 Å². The van der Waals surface area contributed by atoms with E-state index in [0.717, 1.165) is 0 Å². The minimum Gasteiger partial charge on any atom is -0.484 e. The maximum Gasteiger partial charge on any atom is 0.271 e. The van der Waals surface area contributed by atoms with Crippen LogP contribution in [0.4, 0.5) is 0 Å². The number of nitrogens with one attached hydrogen (secondary N) is 2. The van der Waals surface area contributed by atoms with Gasteiger partial charge in [-0.3, -0.25) is 10.2 Å². The fraction of sp³-hybridized carbons (Fsp3) is 0.364. The molecule has 0 saturated heterocycles. The standard InChI is InChI=1S/C11H15ClN2O2/c1-8(2)13-14-11(15)7-16-10-5-3-4-9(12)6-10/h3-6,8,13H,7H2,1-2H3,(H,14,15). The van der Waals surface area contributed by atoms with E-state index in [9.17, 15) is 4.79 Å². The predicted molar refractivity (Wildman–Crippen MR) is 63.4 cm³/mol. The summed E-state index contributed by atoms with van der Waals surface area (Å²) in [4.78, 5) is 11.3. The van der Waals surface area contributed by atoms with Crippen molar-refractivity contribution in [3.8, 4) is 5.75 Å². The minimum atomic E-state index is -0.228. The van der Waals surface area contributed by atoms with Crippen LogP contribution in [-0.4, -0.2) is 18.6 Å². The number of carbonyl (C=O) groups is 1. The molecule has 0 aromatic heterocycles. The predicted octanol–water partition coefficient (Wildman–Crippen LogP) is 1.75. The van der Waals surface area contributed by atoms with E-state index in [1.54, 1.807) is 24.3 Å². The van der Waals surface area contributed by atoms with Crippen molar-refractivity contribution in [3.05, 3.63) is 29.3 Å². The summed E-state index contributed by atoms with van der Waals surface area (Å²) in [7, 11) is 0. The van der Waals surface area contributed by atoms with Crippen LogP contribution < -0.4 is 15.6 Å².